The molecule has 0 spiro atoms. The van der Waals surface area contributed by atoms with E-state index in [0.29, 0.717) is 12.4 Å². The first kappa shape index (κ1) is 15.5. The van der Waals surface area contributed by atoms with Crippen molar-refractivity contribution in [2.45, 2.75) is 31.4 Å². The van der Waals surface area contributed by atoms with E-state index in [1.165, 1.54) is 6.33 Å². The summed E-state index contributed by atoms with van der Waals surface area (Å²) in [5, 5.41) is 16.8. The molecule has 3 aromatic rings. The number of rotatable bonds is 5. The average Bonchev–Trinajstić information content (AvgIpc) is 3.12. The van der Waals surface area contributed by atoms with Gasteiger partial charge in [-0.2, -0.15) is 10.1 Å². The van der Waals surface area contributed by atoms with Gasteiger partial charge in [-0.3, -0.25) is 0 Å². The van der Waals surface area contributed by atoms with Crippen LogP contribution in [-0.2, 0) is 6.54 Å². The number of nitrogens with two attached hydrogens (primary N) is 1. The lowest BCUT2D eigenvalue weighted by Crippen LogP contribution is -2.27. The third kappa shape index (κ3) is 3.43. The van der Waals surface area contributed by atoms with Crippen LogP contribution in [0, 0.1) is 0 Å². The molecule has 128 valence electrons. The number of anilines is 2. The molecular formula is C17H19N7O. The maximum Gasteiger partial charge on any atom is 0.222 e. The molecule has 4 rings (SSSR count). The SMILES string of the molecule is Nc1nc(NCc2ccc(-n3cncn3)cc2)cc(C2CC(O)C2)n1. The normalized spacial score (nSPS) is 19.4. The third-order valence-corrected chi connectivity index (χ3v) is 4.39. The second kappa shape index (κ2) is 6.48. The summed E-state index contributed by atoms with van der Waals surface area (Å²) in [6, 6.07) is 9.94. The Bertz CT molecular complexity index is 842. The minimum Gasteiger partial charge on any atom is -0.393 e. The van der Waals surface area contributed by atoms with Crippen molar-refractivity contribution in [1.82, 2.24) is 24.7 Å². The Hall–Kier alpha value is -3.00. The van der Waals surface area contributed by atoms with E-state index >= 15 is 0 Å². The van der Waals surface area contributed by atoms with Crippen LogP contribution < -0.4 is 11.1 Å². The zero-order chi connectivity index (χ0) is 17.2. The van der Waals surface area contributed by atoms with Crippen molar-refractivity contribution in [3.8, 4) is 5.69 Å². The maximum atomic E-state index is 9.46. The quantitative estimate of drug-likeness (QED) is 0.646. The smallest absolute Gasteiger partial charge is 0.222 e. The molecule has 0 bridgehead atoms. The fraction of sp³-hybridized carbons (Fsp3) is 0.294. The van der Waals surface area contributed by atoms with Crippen molar-refractivity contribution in [2.24, 2.45) is 0 Å². The van der Waals surface area contributed by atoms with Crippen LogP contribution in [-0.4, -0.2) is 35.9 Å². The van der Waals surface area contributed by atoms with Crippen LogP contribution in [0.15, 0.2) is 43.0 Å². The fourth-order valence-corrected chi connectivity index (χ4v) is 2.92. The molecule has 0 saturated heterocycles. The zero-order valence-electron chi connectivity index (χ0n) is 13.6. The van der Waals surface area contributed by atoms with Crippen molar-refractivity contribution >= 4 is 11.8 Å². The van der Waals surface area contributed by atoms with E-state index in [9.17, 15) is 5.11 Å². The minimum absolute atomic E-state index is 0.221. The van der Waals surface area contributed by atoms with Crippen molar-refractivity contribution < 1.29 is 5.11 Å². The molecule has 0 aliphatic heterocycles. The third-order valence-electron chi connectivity index (χ3n) is 4.39. The number of benzene rings is 1. The summed E-state index contributed by atoms with van der Waals surface area (Å²) in [6.45, 7) is 0.626. The molecule has 2 heterocycles. The molecule has 4 N–H and O–H groups in total. The van der Waals surface area contributed by atoms with Crippen LogP contribution in [0.2, 0.25) is 0 Å². The highest BCUT2D eigenvalue weighted by molar-refractivity contribution is 5.43. The van der Waals surface area contributed by atoms with Crippen LogP contribution in [0.4, 0.5) is 11.8 Å². The lowest BCUT2D eigenvalue weighted by Gasteiger charge is -2.30. The van der Waals surface area contributed by atoms with Gasteiger partial charge >= 0.3 is 0 Å². The fourth-order valence-electron chi connectivity index (χ4n) is 2.92. The summed E-state index contributed by atoms with van der Waals surface area (Å²) in [5.41, 5.74) is 8.77. The summed E-state index contributed by atoms with van der Waals surface area (Å²) in [4.78, 5) is 12.5. The number of aliphatic hydroxyl groups is 1. The highest BCUT2D eigenvalue weighted by atomic mass is 16.3. The second-order valence-electron chi connectivity index (χ2n) is 6.22. The Kier molecular flexibility index (Phi) is 4.02. The van der Waals surface area contributed by atoms with Gasteiger partial charge in [0.25, 0.3) is 0 Å². The number of aliphatic hydroxyl groups excluding tert-OH is 1. The van der Waals surface area contributed by atoms with Crippen molar-refractivity contribution in [3.63, 3.8) is 0 Å². The maximum absolute atomic E-state index is 9.46. The summed E-state index contributed by atoms with van der Waals surface area (Å²) in [7, 11) is 0. The summed E-state index contributed by atoms with van der Waals surface area (Å²) in [6.07, 6.45) is 4.42. The molecule has 1 aromatic carbocycles. The molecule has 1 saturated carbocycles. The molecule has 8 nitrogen and oxygen atoms in total. The second-order valence-corrected chi connectivity index (χ2v) is 6.22. The monoisotopic (exact) mass is 337 g/mol. The van der Waals surface area contributed by atoms with Gasteiger partial charge in [0.2, 0.25) is 5.95 Å². The summed E-state index contributed by atoms with van der Waals surface area (Å²) in [5.74, 6) is 1.22. The lowest BCUT2D eigenvalue weighted by atomic mass is 9.80. The van der Waals surface area contributed by atoms with Crippen LogP contribution in [0.1, 0.15) is 30.0 Å². The first-order valence-electron chi connectivity index (χ1n) is 8.18. The van der Waals surface area contributed by atoms with Gasteiger partial charge in [-0.15, -0.1) is 0 Å². The minimum atomic E-state index is -0.221. The predicted molar refractivity (Wildman–Crippen MR) is 93.1 cm³/mol. The Balaban J connectivity index is 1.42. The molecule has 8 heteroatoms. The van der Waals surface area contributed by atoms with E-state index in [1.807, 2.05) is 30.3 Å². The molecule has 2 aromatic heterocycles. The number of hydrogen-bond donors (Lipinski definition) is 3. The Morgan fingerprint density at radius 1 is 1.20 bits per heavy atom. The van der Waals surface area contributed by atoms with E-state index in [-0.39, 0.29) is 18.0 Å². The van der Waals surface area contributed by atoms with Crippen LogP contribution in [0.5, 0.6) is 0 Å². The first-order chi connectivity index (χ1) is 12.2. The van der Waals surface area contributed by atoms with Gasteiger partial charge in [0.05, 0.1) is 17.5 Å². The number of nitrogens with one attached hydrogen (secondary N) is 1. The van der Waals surface area contributed by atoms with Gasteiger partial charge in [0.15, 0.2) is 0 Å². The van der Waals surface area contributed by atoms with Crippen LogP contribution in [0.25, 0.3) is 5.69 Å². The molecule has 0 unspecified atom stereocenters. The van der Waals surface area contributed by atoms with E-state index < -0.39 is 0 Å². The number of aromatic nitrogens is 5. The van der Waals surface area contributed by atoms with E-state index in [0.717, 1.165) is 29.8 Å². The lowest BCUT2D eigenvalue weighted by molar-refractivity contribution is 0.0732. The molecule has 0 radical (unpaired) electrons. The van der Waals surface area contributed by atoms with Crippen LogP contribution in [0.3, 0.4) is 0 Å². The Labute approximate surface area is 144 Å². The predicted octanol–water partition coefficient (Wildman–Crippen LogP) is 1.49. The standard InChI is InChI=1S/C17H19N7O/c18-17-22-15(12-5-14(25)6-12)7-16(23-17)20-8-11-1-3-13(4-2-11)24-10-19-9-21-24/h1-4,7,9-10,12,14,25H,5-6,8H2,(H3,18,20,22,23). The number of hydrogen-bond acceptors (Lipinski definition) is 7. The van der Waals surface area contributed by atoms with Gasteiger partial charge in [-0.25, -0.2) is 14.6 Å². The van der Waals surface area contributed by atoms with Gasteiger partial charge in [0, 0.05) is 18.5 Å². The molecule has 1 fully saturated rings. The molecule has 0 atom stereocenters. The Morgan fingerprint density at radius 2 is 2.00 bits per heavy atom. The molecule has 25 heavy (non-hydrogen) atoms. The van der Waals surface area contributed by atoms with E-state index in [4.69, 9.17) is 5.73 Å². The average molecular weight is 337 g/mol. The summed E-state index contributed by atoms with van der Waals surface area (Å²) < 4.78 is 1.71. The molecule has 0 amide bonds. The van der Waals surface area contributed by atoms with Gasteiger partial charge in [-0.1, -0.05) is 12.1 Å². The van der Waals surface area contributed by atoms with Gasteiger partial charge in [0.1, 0.15) is 18.5 Å². The van der Waals surface area contributed by atoms with Gasteiger partial charge in [-0.05, 0) is 30.5 Å². The van der Waals surface area contributed by atoms with E-state index in [2.05, 4.69) is 25.4 Å². The summed E-state index contributed by atoms with van der Waals surface area (Å²) >= 11 is 0. The molecular weight excluding hydrogens is 318 g/mol. The highest BCUT2D eigenvalue weighted by Gasteiger charge is 2.30. The zero-order valence-corrected chi connectivity index (χ0v) is 13.6. The number of nitrogen functional groups attached to an aromatic ring is 1. The number of nitrogens with zero attached hydrogens (tertiary/aromatic N) is 5. The first-order valence-corrected chi connectivity index (χ1v) is 8.18. The molecule has 1 aliphatic rings. The van der Waals surface area contributed by atoms with Crippen molar-refractivity contribution in [2.75, 3.05) is 11.1 Å². The van der Waals surface area contributed by atoms with Crippen molar-refractivity contribution in [1.29, 1.82) is 0 Å². The molecule has 1 aliphatic carbocycles. The van der Waals surface area contributed by atoms with E-state index in [1.54, 1.807) is 11.0 Å². The Morgan fingerprint density at radius 3 is 2.68 bits per heavy atom. The highest BCUT2D eigenvalue weighted by Crippen LogP contribution is 2.36. The van der Waals surface area contributed by atoms with Crippen LogP contribution >= 0.6 is 0 Å². The topological polar surface area (TPSA) is 115 Å². The van der Waals surface area contributed by atoms with Gasteiger partial charge < -0.3 is 16.2 Å². The largest absolute Gasteiger partial charge is 0.393 e. The van der Waals surface area contributed by atoms with Crippen molar-refractivity contribution in [3.05, 3.63) is 54.2 Å².